The molecule has 0 radical (unpaired) electrons. The zero-order chi connectivity index (χ0) is 18.1. The van der Waals surface area contributed by atoms with E-state index in [1.165, 1.54) is 11.1 Å². The molecule has 0 saturated carbocycles. The van der Waals surface area contributed by atoms with Gasteiger partial charge in [0.1, 0.15) is 0 Å². The predicted molar refractivity (Wildman–Crippen MR) is 98.7 cm³/mol. The van der Waals surface area contributed by atoms with E-state index in [1.54, 1.807) is 14.2 Å². The topological polar surface area (TPSA) is 44.8 Å². The molecule has 2 aliphatic rings. The number of fused-ring (bicyclic) bond motifs is 2. The van der Waals surface area contributed by atoms with Gasteiger partial charge in [-0.05, 0) is 48.1 Å². The Balaban J connectivity index is 1.80. The zero-order valence-corrected chi connectivity index (χ0v) is 15.2. The van der Waals surface area contributed by atoms with E-state index in [9.17, 15) is 4.79 Å². The minimum atomic E-state index is -0.0418. The molecule has 26 heavy (non-hydrogen) atoms. The van der Waals surface area contributed by atoms with Crippen LogP contribution in [0.5, 0.6) is 11.5 Å². The number of carbonyl (C=O) groups excluding carboxylic acids is 1. The second kappa shape index (κ2) is 7.02. The van der Waals surface area contributed by atoms with E-state index >= 15 is 0 Å². The molecule has 3 atom stereocenters. The molecule has 1 aliphatic heterocycles. The van der Waals surface area contributed by atoms with Crippen LogP contribution in [-0.2, 0) is 16.0 Å². The zero-order valence-electron chi connectivity index (χ0n) is 15.2. The summed E-state index contributed by atoms with van der Waals surface area (Å²) in [7, 11) is 3.29. The second-order valence-corrected chi connectivity index (χ2v) is 7.14. The standard InChI is InChI=1S/C22H24O4/c1-24-20-10-9-15(11-21(20)25-2)18-12-19-16(13-26-22(19)23)8-7-14-5-3-4-6-17(14)18/h3-6,9-11,16,18-19H,7-8,12-13H2,1-2H3/t16-,18+,19-/m1/s1. The van der Waals surface area contributed by atoms with Crippen LogP contribution in [-0.4, -0.2) is 26.8 Å². The first-order valence-electron chi connectivity index (χ1n) is 9.17. The van der Waals surface area contributed by atoms with Gasteiger partial charge in [0, 0.05) is 11.8 Å². The summed E-state index contributed by atoms with van der Waals surface area (Å²) in [5.74, 6) is 1.83. The van der Waals surface area contributed by atoms with Crippen molar-refractivity contribution >= 4 is 5.97 Å². The third-order valence-corrected chi connectivity index (χ3v) is 5.83. The fourth-order valence-corrected chi connectivity index (χ4v) is 4.39. The van der Waals surface area contributed by atoms with E-state index in [1.807, 2.05) is 12.1 Å². The number of aryl methyl sites for hydroxylation is 1. The Kier molecular flexibility index (Phi) is 4.58. The number of methoxy groups -OCH3 is 2. The van der Waals surface area contributed by atoms with Crippen LogP contribution in [0, 0.1) is 11.8 Å². The Bertz CT molecular complexity index is 814. The molecule has 0 unspecified atom stereocenters. The normalized spacial score (nSPS) is 24.7. The SMILES string of the molecule is COc1ccc([C@@H]2C[C@H]3C(=O)OC[C@H]3CCc3ccccc32)cc1OC. The summed E-state index contributed by atoms with van der Waals surface area (Å²) in [5, 5.41) is 0. The molecule has 2 aromatic rings. The molecule has 4 heteroatoms. The molecule has 4 nitrogen and oxygen atoms in total. The summed E-state index contributed by atoms with van der Waals surface area (Å²) in [6.45, 7) is 0.560. The maximum atomic E-state index is 12.3. The highest BCUT2D eigenvalue weighted by Crippen LogP contribution is 2.43. The Morgan fingerprint density at radius 2 is 1.85 bits per heavy atom. The van der Waals surface area contributed by atoms with Gasteiger partial charge in [0.2, 0.25) is 0 Å². The van der Waals surface area contributed by atoms with Crippen molar-refractivity contribution in [3.8, 4) is 11.5 Å². The first kappa shape index (κ1) is 17.0. The van der Waals surface area contributed by atoms with Gasteiger partial charge in [0.25, 0.3) is 0 Å². The van der Waals surface area contributed by atoms with E-state index in [0.29, 0.717) is 18.3 Å². The molecule has 2 aromatic carbocycles. The highest BCUT2D eigenvalue weighted by molar-refractivity contribution is 5.75. The van der Waals surface area contributed by atoms with Gasteiger partial charge < -0.3 is 14.2 Å². The molecule has 0 spiro atoms. The average molecular weight is 352 g/mol. The van der Waals surface area contributed by atoms with Crippen molar-refractivity contribution in [3.05, 3.63) is 59.2 Å². The molecule has 0 aromatic heterocycles. The van der Waals surface area contributed by atoms with Crippen LogP contribution in [0.2, 0.25) is 0 Å². The Morgan fingerprint density at radius 1 is 1.04 bits per heavy atom. The van der Waals surface area contributed by atoms with E-state index in [2.05, 4.69) is 30.3 Å². The van der Waals surface area contributed by atoms with Crippen LogP contribution in [0.3, 0.4) is 0 Å². The van der Waals surface area contributed by atoms with Crippen molar-refractivity contribution in [1.82, 2.24) is 0 Å². The number of rotatable bonds is 3. The maximum Gasteiger partial charge on any atom is 0.309 e. The van der Waals surface area contributed by atoms with Crippen molar-refractivity contribution in [3.63, 3.8) is 0 Å². The Labute approximate surface area is 154 Å². The van der Waals surface area contributed by atoms with Gasteiger partial charge in [-0.2, -0.15) is 0 Å². The van der Waals surface area contributed by atoms with Gasteiger partial charge >= 0.3 is 5.97 Å². The third-order valence-electron chi connectivity index (χ3n) is 5.83. The summed E-state index contributed by atoms with van der Waals surface area (Å²) >= 11 is 0. The number of benzene rings is 2. The van der Waals surface area contributed by atoms with E-state index in [4.69, 9.17) is 14.2 Å². The largest absolute Gasteiger partial charge is 0.493 e. The lowest BCUT2D eigenvalue weighted by Gasteiger charge is -2.28. The van der Waals surface area contributed by atoms with Crippen molar-refractivity contribution in [2.45, 2.75) is 25.2 Å². The van der Waals surface area contributed by atoms with Gasteiger partial charge in [-0.1, -0.05) is 30.3 Å². The van der Waals surface area contributed by atoms with Crippen molar-refractivity contribution < 1.29 is 19.0 Å². The number of esters is 1. The van der Waals surface area contributed by atoms with Crippen LogP contribution in [0.4, 0.5) is 0 Å². The fourth-order valence-electron chi connectivity index (χ4n) is 4.39. The monoisotopic (exact) mass is 352 g/mol. The van der Waals surface area contributed by atoms with Crippen LogP contribution < -0.4 is 9.47 Å². The lowest BCUT2D eigenvalue weighted by Crippen LogP contribution is -2.23. The summed E-state index contributed by atoms with van der Waals surface area (Å²) in [6, 6.07) is 14.6. The lowest BCUT2D eigenvalue weighted by molar-refractivity contribution is -0.141. The molecule has 0 amide bonds. The van der Waals surface area contributed by atoms with Crippen LogP contribution in [0.25, 0.3) is 0 Å². The van der Waals surface area contributed by atoms with E-state index in [0.717, 1.165) is 30.6 Å². The summed E-state index contributed by atoms with van der Waals surface area (Å²) in [6.07, 6.45) is 2.76. The molecule has 1 aliphatic carbocycles. The first-order chi connectivity index (χ1) is 12.7. The predicted octanol–water partition coefficient (Wildman–Crippen LogP) is 3.96. The van der Waals surface area contributed by atoms with Crippen molar-refractivity contribution in [2.24, 2.45) is 11.8 Å². The number of hydrogen-bond donors (Lipinski definition) is 0. The summed E-state index contributed by atoms with van der Waals surface area (Å²) in [5.41, 5.74) is 3.82. The molecule has 1 heterocycles. The highest BCUT2D eigenvalue weighted by atomic mass is 16.5. The molecule has 1 fully saturated rings. The number of ether oxygens (including phenoxy) is 3. The molecule has 1 saturated heterocycles. The summed E-state index contributed by atoms with van der Waals surface area (Å²) in [4.78, 5) is 12.3. The van der Waals surface area contributed by atoms with Gasteiger partial charge in [-0.3, -0.25) is 4.79 Å². The van der Waals surface area contributed by atoms with Crippen LogP contribution in [0.15, 0.2) is 42.5 Å². The van der Waals surface area contributed by atoms with Crippen molar-refractivity contribution in [2.75, 3.05) is 20.8 Å². The quantitative estimate of drug-likeness (QED) is 0.785. The minimum absolute atomic E-state index is 0.0264. The average Bonchev–Trinajstić information content (AvgIpc) is 3.01. The molecule has 0 bridgehead atoms. The third kappa shape index (κ3) is 2.94. The minimum Gasteiger partial charge on any atom is -0.493 e. The smallest absolute Gasteiger partial charge is 0.309 e. The number of hydrogen-bond acceptors (Lipinski definition) is 4. The fraction of sp³-hybridized carbons (Fsp3) is 0.409. The van der Waals surface area contributed by atoms with Crippen molar-refractivity contribution in [1.29, 1.82) is 0 Å². The molecular formula is C22H24O4. The van der Waals surface area contributed by atoms with Gasteiger partial charge in [-0.25, -0.2) is 0 Å². The number of carbonyl (C=O) groups is 1. The maximum absolute atomic E-state index is 12.3. The van der Waals surface area contributed by atoms with Crippen LogP contribution >= 0.6 is 0 Å². The molecule has 136 valence electrons. The van der Waals surface area contributed by atoms with Gasteiger partial charge in [0.15, 0.2) is 11.5 Å². The van der Waals surface area contributed by atoms with E-state index < -0.39 is 0 Å². The molecule has 4 rings (SSSR count). The van der Waals surface area contributed by atoms with Crippen LogP contribution in [0.1, 0.15) is 35.4 Å². The lowest BCUT2D eigenvalue weighted by atomic mass is 9.74. The molecule has 0 N–H and O–H groups in total. The Hall–Kier alpha value is -2.49. The second-order valence-electron chi connectivity index (χ2n) is 7.14. The Morgan fingerprint density at radius 3 is 2.65 bits per heavy atom. The highest BCUT2D eigenvalue weighted by Gasteiger charge is 2.40. The number of cyclic esters (lactones) is 1. The van der Waals surface area contributed by atoms with Gasteiger partial charge in [-0.15, -0.1) is 0 Å². The van der Waals surface area contributed by atoms with E-state index in [-0.39, 0.29) is 17.8 Å². The summed E-state index contributed by atoms with van der Waals surface area (Å²) < 4.78 is 16.3. The first-order valence-corrected chi connectivity index (χ1v) is 9.17. The molecular weight excluding hydrogens is 328 g/mol. The van der Waals surface area contributed by atoms with Gasteiger partial charge in [0.05, 0.1) is 26.7 Å².